The molecule has 0 unspecified atom stereocenters. The molecule has 0 rings (SSSR count). The Morgan fingerprint density at radius 1 is 1.21 bits per heavy atom. The average molecular weight is 276 g/mol. The van der Waals surface area contributed by atoms with E-state index in [0.717, 1.165) is 43.9 Å². The third-order valence-corrected chi connectivity index (χ3v) is 2.15. The zero-order valence-electron chi connectivity index (χ0n) is 11.7. The number of hydrogen-bond donors (Lipinski definition) is 6. The summed E-state index contributed by atoms with van der Waals surface area (Å²) in [6, 6.07) is 0. The number of guanidine groups is 1. The lowest BCUT2D eigenvalue weighted by molar-refractivity contribution is -0.137. The van der Waals surface area contributed by atoms with Gasteiger partial charge in [-0.05, 0) is 45.4 Å². The molecule has 0 bridgehead atoms. The number of likely N-dealkylation sites (N-methyl/N-ethyl adjacent to an activating group) is 1. The van der Waals surface area contributed by atoms with Crippen LogP contribution >= 0.6 is 0 Å². The lowest BCUT2D eigenvalue weighted by Crippen LogP contribution is -2.36. The Hall–Kier alpha value is -1.38. The summed E-state index contributed by atoms with van der Waals surface area (Å²) in [6.45, 7) is 3.48. The van der Waals surface area contributed by atoms with Gasteiger partial charge in [0.25, 0.3) is 0 Å². The van der Waals surface area contributed by atoms with Gasteiger partial charge in [0.05, 0.1) is 0 Å². The highest BCUT2D eigenvalue weighted by Crippen LogP contribution is 1.81. The van der Waals surface area contributed by atoms with Crippen LogP contribution in [0.15, 0.2) is 0 Å². The lowest BCUT2D eigenvalue weighted by Gasteiger charge is -2.12. The first-order valence-corrected chi connectivity index (χ1v) is 6.33. The minimum absolute atomic E-state index is 0.227. The number of nitrogens with zero attached hydrogens (tertiary/aromatic N) is 1. The fourth-order valence-electron chi connectivity index (χ4n) is 1.03. The molecule has 8 nitrogen and oxygen atoms in total. The number of nitrogens with one attached hydrogen (secondary N) is 2. The van der Waals surface area contributed by atoms with Gasteiger partial charge in [-0.1, -0.05) is 0 Å². The van der Waals surface area contributed by atoms with E-state index in [0.29, 0.717) is 0 Å². The van der Waals surface area contributed by atoms with E-state index < -0.39 is 5.97 Å². The molecule has 0 aliphatic rings. The molecule has 0 aliphatic heterocycles. The summed E-state index contributed by atoms with van der Waals surface area (Å²) in [6.07, 6.45) is 3.37. The number of hydrogen-bond acceptors (Lipinski definition) is 5. The van der Waals surface area contributed by atoms with Crippen LogP contribution in [0.2, 0.25) is 0 Å². The van der Waals surface area contributed by atoms with Gasteiger partial charge in [-0.15, -0.1) is 0 Å². The van der Waals surface area contributed by atoms with E-state index in [-0.39, 0.29) is 12.5 Å². The molecule has 0 aliphatic carbocycles. The summed E-state index contributed by atoms with van der Waals surface area (Å²) in [5.41, 5.74) is 15.6. The predicted octanol–water partition coefficient (Wildman–Crippen LogP) is -1.44. The molecule has 0 aromatic rings. The van der Waals surface area contributed by atoms with Crippen LogP contribution in [-0.2, 0) is 4.79 Å². The van der Waals surface area contributed by atoms with Crippen molar-refractivity contribution in [2.75, 3.05) is 39.8 Å². The van der Waals surface area contributed by atoms with Crippen molar-refractivity contribution < 1.29 is 9.90 Å². The standard InChI is InChI=1S/C7H19N3.C4H9N3O2/c8-4-1-2-6-10-7-3-5-9;1-7(4(5)6)2-3(8)9/h10H,1-9H2;2H2,1H3,(H3,5,6)(H,8,9). The predicted molar refractivity (Wildman–Crippen MR) is 77.0 cm³/mol. The number of nitrogens with two attached hydrogens (primary N) is 3. The van der Waals surface area contributed by atoms with E-state index in [4.69, 9.17) is 27.7 Å². The molecule has 0 heterocycles. The van der Waals surface area contributed by atoms with Gasteiger partial charge in [0.2, 0.25) is 0 Å². The van der Waals surface area contributed by atoms with Gasteiger partial charge in [0.15, 0.2) is 5.96 Å². The molecule has 0 aromatic heterocycles. The zero-order valence-corrected chi connectivity index (χ0v) is 11.7. The quantitative estimate of drug-likeness (QED) is 0.171. The van der Waals surface area contributed by atoms with Gasteiger partial charge >= 0.3 is 5.97 Å². The largest absolute Gasteiger partial charge is 0.480 e. The third kappa shape index (κ3) is 19.2. The van der Waals surface area contributed by atoms with Crippen LogP contribution in [0.3, 0.4) is 0 Å². The molecule has 9 N–H and O–H groups in total. The van der Waals surface area contributed by atoms with Crippen molar-refractivity contribution in [2.24, 2.45) is 17.2 Å². The number of unbranched alkanes of at least 4 members (excludes halogenated alkanes) is 1. The minimum atomic E-state index is -0.993. The van der Waals surface area contributed by atoms with Gasteiger partial charge in [-0.3, -0.25) is 10.2 Å². The Labute approximate surface area is 114 Å². The number of aliphatic carboxylic acids is 1. The normalized spacial score (nSPS) is 9.42. The van der Waals surface area contributed by atoms with Crippen LogP contribution in [-0.4, -0.2) is 61.7 Å². The molecule has 19 heavy (non-hydrogen) atoms. The molecule has 0 fully saturated rings. The molecule has 114 valence electrons. The maximum absolute atomic E-state index is 9.92. The number of carboxylic acids is 1. The van der Waals surface area contributed by atoms with E-state index in [1.165, 1.54) is 13.5 Å². The maximum atomic E-state index is 9.92. The van der Waals surface area contributed by atoms with Crippen LogP contribution in [0, 0.1) is 5.41 Å². The zero-order chi connectivity index (χ0) is 15.1. The molecule has 0 saturated carbocycles. The Morgan fingerprint density at radius 2 is 1.74 bits per heavy atom. The molecule has 8 heteroatoms. The molecule has 0 amide bonds. The smallest absolute Gasteiger partial charge is 0.323 e. The minimum Gasteiger partial charge on any atom is -0.480 e. The van der Waals surface area contributed by atoms with Gasteiger partial charge in [-0.25, -0.2) is 0 Å². The summed E-state index contributed by atoms with van der Waals surface area (Å²) < 4.78 is 0. The molecule has 0 atom stereocenters. The average Bonchev–Trinajstić information content (AvgIpc) is 2.33. The fourth-order valence-corrected chi connectivity index (χ4v) is 1.03. The monoisotopic (exact) mass is 276 g/mol. The highest BCUT2D eigenvalue weighted by atomic mass is 16.4. The third-order valence-electron chi connectivity index (χ3n) is 2.15. The van der Waals surface area contributed by atoms with E-state index in [1.807, 2.05) is 0 Å². The van der Waals surface area contributed by atoms with Crippen molar-refractivity contribution in [2.45, 2.75) is 19.3 Å². The molecule has 0 aromatic carbocycles. The van der Waals surface area contributed by atoms with Crippen molar-refractivity contribution >= 4 is 11.9 Å². The summed E-state index contributed by atoms with van der Waals surface area (Å²) in [7, 11) is 1.44. The molecular weight excluding hydrogens is 248 g/mol. The molecule has 0 saturated heterocycles. The second kappa shape index (κ2) is 14.7. The fraction of sp³-hybridized carbons (Fsp3) is 0.818. The Kier molecular flexibility index (Phi) is 15.4. The first-order chi connectivity index (χ1) is 8.95. The van der Waals surface area contributed by atoms with Crippen LogP contribution in [0.4, 0.5) is 0 Å². The Balaban J connectivity index is 0. The van der Waals surface area contributed by atoms with Crippen LogP contribution < -0.4 is 22.5 Å². The molecule has 0 radical (unpaired) electrons. The molecule has 0 spiro atoms. The van der Waals surface area contributed by atoms with Crippen molar-refractivity contribution in [3.63, 3.8) is 0 Å². The first kappa shape index (κ1) is 19.9. The topological polar surface area (TPSA) is 154 Å². The van der Waals surface area contributed by atoms with Crippen molar-refractivity contribution in [3.05, 3.63) is 0 Å². The van der Waals surface area contributed by atoms with E-state index in [9.17, 15) is 4.79 Å². The van der Waals surface area contributed by atoms with Gasteiger partial charge in [0.1, 0.15) is 6.54 Å². The van der Waals surface area contributed by atoms with E-state index in [2.05, 4.69) is 5.32 Å². The highest BCUT2D eigenvalue weighted by molar-refractivity contribution is 5.79. The lowest BCUT2D eigenvalue weighted by atomic mass is 10.3. The SMILES string of the molecule is CN(CC(=O)O)C(=N)N.NCCCCNCCCN. The van der Waals surface area contributed by atoms with E-state index in [1.54, 1.807) is 0 Å². The van der Waals surface area contributed by atoms with Crippen LogP contribution in [0.5, 0.6) is 0 Å². The van der Waals surface area contributed by atoms with E-state index >= 15 is 0 Å². The Bertz CT molecular complexity index is 229. The second-order valence-electron chi connectivity index (χ2n) is 4.02. The number of carbonyl (C=O) groups is 1. The highest BCUT2D eigenvalue weighted by Gasteiger charge is 2.03. The van der Waals surface area contributed by atoms with Crippen LogP contribution in [0.25, 0.3) is 0 Å². The van der Waals surface area contributed by atoms with Gasteiger partial charge in [0, 0.05) is 7.05 Å². The summed E-state index contributed by atoms with van der Waals surface area (Å²) in [5.74, 6) is -1.23. The summed E-state index contributed by atoms with van der Waals surface area (Å²) >= 11 is 0. The maximum Gasteiger partial charge on any atom is 0.323 e. The van der Waals surface area contributed by atoms with Crippen molar-refractivity contribution in [1.82, 2.24) is 10.2 Å². The Morgan fingerprint density at radius 3 is 2.11 bits per heavy atom. The summed E-state index contributed by atoms with van der Waals surface area (Å²) in [5, 5.41) is 18.2. The van der Waals surface area contributed by atoms with Gasteiger partial charge in [-0.2, -0.15) is 0 Å². The van der Waals surface area contributed by atoms with Crippen LogP contribution in [0.1, 0.15) is 19.3 Å². The number of rotatable bonds is 9. The van der Waals surface area contributed by atoms with Crippen molar-refractivity contribution in [3.8, 4) is 0 Å². The number of carboxylic acid groups (broad SMARTS) is 1. The van der Waals surface area contributed by atoms with Crippen molar-refractivity contribution in [1.29, 1.82) is 5.41 Å². The summed E-state index contributed by atoms with van der Waals surface area (Å²) in [4.78, 5) is 11.0. The van der Waals surface area contributed by atoms with Gasteiger partial charge < -0.3 is 32.5 Å². The second-order valence-corrected chi connectivity index (χ2v) is 4.02. The molecular formula is C11H28N6O2. The first-order valence-electron chi connectivity index (χ1n) is 6.33.